The molecule has 1 aliphatic rings. The van der Waals surface area contributed by atoms with Gasteiger partial charge in [0, 0.05) is 6.42 Å². The minimum absolute atomic E-state index is 0.0232. The van der Waals surface area contributed by atoms with Crippen LogP contribution in [0.5, 0.6) is 5.75 Å². The van der Waals surface area contributed by atoms with Crippen molar-refractivity contribution in [3.8, 4) is 5.75 Å². The third kappa shape index (κ3) is 15.1. The molecule has 2 aromatic rings. The Morgan fingerprint density at radius 3 is 1.93 bits per heavy atom. The molecule has 15 N–H and O–H groups in total. The molecule has 0 aliphatic carbocycles. The average Bonchev–Trinajstić information content (AvgIpc) is 3.20. The Morgan fingerprint density at radius 1 is 0.750 bits per heavy atom. The van der Waals surface area contributed by atoms with Crippen LogP contribution in [-0.4, -0.2) is 153 Å². The molecular weight excluding hydrogens is 790 g/mol. The second-order valence-corrected chi connectivity index (χ2v) is 14.9. The first kappa shape index (κ1) is 49.1. The van der Waals surface area contributed by atoms with Crippen molar-refractivity contribution in [1.29, 1.82) is 0 Å². The van der Waals surface area contributed by atoms with Crippen LogP contribution in [0.15, 0.2) is 54.6 Å². The number of aliphatic hydroxyl groups is 5. The number of aliphatic hydroxyl groups excluding tert-OH is 5. The number of hydrogen-bond acceptors (Lipinski definition) is 15. The minimum atomic E-state index is -1.79. The van der Waals surface area contributed by atoms with Crippen molar-refractivity contribution in [3.63, 3.8) is 0 Å². The van der Waals surface area contributed by atoms with Crippen LogP contribution >= 0.6 is 0 Å². The van der Waals surface area contributed by atoms with E-state index in [1.165, 1.54) is 19.1 Å². The fourth-order valence-electron chi connectivity index (χ4n) is 6.06. The third-order valence-electron chi connectivity index (χ3n) is 9.42. The smallest absolute Gasteiger partial charge is 0.245 e. The molecule has 1 fully saturated rings. The molecule has 1 unspecified atom stereocenters. The predicted octanol–water partition coefficient (Wildman–Crippen LogP) is -4.71. The van der Waals surface area contributed by atoms with Crippen LogP contribution in [0.25, 0.3) is 0 Å². The Kier molecular flexibility index (Phi) is 19.2. The fraction of sp³-hybridized carbons (Fsp3) is 0.538. The minimum Gasteiger partial charge on any atom is -0.508 e. The van der Waals surface area contributed by atoms with E-state index in [1.54, 1.807) is 56.3 Å². The molecule has 0 aromatic heterocycles. The molecule has 1 heterocycles. The Bertz CT molecular complexity index is 1730. The van der Waals surface area contributed by atoms with Crippen molar-refractivity contribution < 1.29 is 68.9 Å². The van der Waals surface area contributed by atoms with Gasteiger partial charge in [0.05, 0.1) is 31.9 Å². The predicted molar refractivity (Wildman–Crippen MR) is 211 cm³/mol. The quantitative estimate of drug-likeness (QED) is 0.0530. The number of phenolic OH excluding ortho intramolecular Hbond substituents is 1. The van der Waals surface area contributed by atoms with E-state index in [4.69, 9.17) is 20.9 Å². The van der Waals surface area contributed by atoms with Gasteiger partial charge in [0.25, 0.3) is 0 Å². The number of phenols is 1. The zero-order chi connectivity index (χ0) is 44.7. The standard InChI is InChI=1S/C39H57N7O14/c1-19(2)13-25(36(56)45-27(34(41)54)18-59-39-33(53)32(52)31(51)28(17-47)60-39)44-37(57)26(15-21-7-5-4-6-8-21)43-29(50)16-42-38(58)30(20(3)48)46-35(55)24(40)14-22-9-11-23(49)12-10-22/h4-12,19-20,24-28,30-33,39,47-49,51-53H,13-18,40H2,1-3H3,(H2,41,54)(H,42,58)(H,43,50)(H,44,57)(H,45,56)(H,46,55)/t20-,24+,25+,26+,27+,28-,30+,31-,32+,33-,39?/m1/s1. The summed E-state index contributed by atoms with van der Waals surface area (Å²) in [7, 11) is 0. The first-order valence-corrected chi connectivity index (χ1v) is 19.3. The molecule has 21 nitrogen and oxygen atoms in total. The fourth-order valence-corrected chi connectivity index (χ4v) is 6.06. The molecule has 6 amide bonds. The van der Waals surface area contributed by atoms with Gasteiger partial charge in [-0.3, -0.25) is 28.8 Å². The van der Waals surface area contributed by atoms with Crippen molar-refractivity contribution in [1.82, 2.24) is 26.6 Å². The highest BCUT2D eigenvalue weighted by Gasteiger charge is 2.44. The van der Waals surface area contributed by atoms with E-state index >= 15 is 0 Å². The second-order valence-electron chi connectivity index (χ2n) is 14.9. The Balaban J connectivity index is 1.68. The number of benzene rings is 2. The van der Waals surface area contributed by atoms with Crippen molar-refractivity contribution in [3.05, 3.63) is 65.7 Å². The van der Waals surface area contributed by atoms with Crippen molar-refractivity contribution in [2.75, 3.05) is 19.8 Å². The van der Waals surface area contributed by atoms with Gasteiger partial charge in [-0.25, -0.2) is 0 Å². The zero-order valence-electron chi connectivity index (χ0n) is 33.5. The number of nitrogens with one attached hydrogen (secondary N) is 5. The Hall–Kier alpha value is -5.26. The monoisotopic (exact) mass is 847 g/mol. The number of carbonyl (C=O) groups excluding carboxylic acids is 6. The lowest BCUT2D eigenvalue weighted by atomic mass is 9.99. The van der Waals surface area contributed by atoms with Gasteiger partial charge in [0.15, 0.2) is 6.29 Å². The Morgan fingerprint density at radius 2 is 1.35 bits per heavy atom. The summed E-state index contributed by atoms with van der Waals surface area (Å²) in [4.78, 5) is 78.9. The molecule has 332 valence electrons. The van der Waals surface area contributed by atoms with E-state index in [0.29, 0.717) is 11.1 Å². The molecule has 1 aliphatic heterocycles. The lowest BCUT2D eigenvalue weighted by Crippen LogP contribution is -2.61. The Labute approximate surface area is 346 Å². The van der Waals surface area contributed by atoms with Crippen molar-refractivity contribution in [2.24, 2.45) is 17.4 Å². The van der Waals surface area contributed by atoms with Crippen LogP contribution in [0.3, 0.4) is 0 Å². The van der Waals surface area contributed by atoms with Gasteiger partial charge in [0.1, 0.15) is 54.3 Å². The van der Waals surface area contributed by atoms with Crippen LogP contribution in [-0.2, 0) is 51.1 Å². The van der Waals surface area contributed by atoms with Crippen LogP contribution in [0.4, 0.5) is 0 Å². The second kappa shape index (κ2) is 23.5. The molecule has 0 bridgehead atoms. The summed E-state index contributed by atoms with van der Waals surface area (Å²) in [6, 6.07) is 7.73. The largest absolute Gasteiger partial charge is 0.508 e. The molecular formula is C39H57N7O14. The van der Waals surface area contributed by atoms with Gasteiger partial charge in [-0.15, -0.1) is 0 Å². The van der Waals surface area contributed by atoms with Crippen molar-refractivity contribution in [2.45, 2.75) is 107 Å². The molecule has 2 aromatic carbocycles. The maximum Gasteiger partial charge on any atom is 0.245 e. The van der Waals surface area contributed by atoms with Gasteiger partial charge in [-0.05, 0) is 48.9 Å². The topological polar surface area (TPSA) is 354 Å². The lowest BCUT2D eigenvalue weighted by molar-refractivity contribution is -0.301. The van der Waals surface area contributed by atoms with E-state index in [9.17, 15) is 59.4 Å². The first-order chi connectivity index (χ1) is 28.3. The maximum absolute atomic E-state index is 13.8. The molecule has 3 rings (SSSR count). The van der Waals surface area contributed by atoms with Gasteiger partial charge in [-0.1, -0.05) is 56.3 Å². The molecule has 21 heteroatoms. The summed E-state index contributed by atoms with van der Waals surface area (Å²) in [5.74, 6) is -5.47. The highest BCUT2D eigenvalue weighted by Crippen LogP contribution is 2.22. The summed E-state index contributed by atoms with van der Waals surface area (Å²) in [5, 5.41) is 71.8. The average molecular weight is 848 g/mol. The molecule has 1 saturated heterocycles. The SMILES string of the molecule is CC(C)C[C@H](NC(=O)[C@H](Cc1ccccc1)NC(=O)CNC(=O)[C@@H](NC(=O)[C@@H](N)Cc1ccc(O)cc1)[C@@H](C)O)C(=O)N[C@@H](COC1O[C@H](CO)[C@@H](O)[C@H](O)[C@H]1O)C(N)=O. The van der Waals surface area contributed by atoms with E-state index < -0.39 is 122 Å². The van der Waals surface area contributed by atoms with E-state index in [1.807, 2.05) is 0 Å². The number of hydrogen-bond donors (Lipinski definition) is 13. The number of primary amides is 1. The molecule has 0 saturated carbocycles. The third-order valence-corrected chi connectivity index (χ3v) is 9.42. The highest BCUT2D eigenvalue weighted by molar-refractivity contribution is 5.95. The van der Waals surface area contributed by atoms with Crippen LogP contribution in [0.1, 0.15) is 38.3 Å². The van der Waals surface area contributed by atoms with Crippen LogP contribution < -0.4 is 38.1 Å². The number of aromatic hydroxyl groups is 1. The molecule has 11 atom stereocenters. The van der Waals surface area contributed by atoms with Gasteiger partial charge in [0.2, 0.25) is 35.4 Å². The zero-order valence-corrected chi connectivity index (χ0v) is 33.5. The summed E-state index contributed by atoms with van der Waals surface area (Å²) in [6.07, 6.45) is -9.53. The van der Waals surface area contributed by atoms with E-state index in [0.717, 1.165) is 0 Å². The summed E-state index contributed by atoms with van der Waals surface area (Å²) < 4.78 is 10.7. The maximum atomic E-state index is 13.8. The first-order valence-electron chi connectivity index (χ1n) is 19.3. The van der Waals surface area contributed by atoms with E-state index in [-0.39, 0.29) is 30.9 Å². The molecule has 0 spiro atoms. The number of amides is 6. The van der Waals surface area contributed by atoms with Gasteiger partial charge >= 0.3 is 0 Å². The number of rotatable bonds is 22. The normalized spacial score (nSPS) is 21.9. The summed E-state index contributed by atoms with van der Waals surface area (Å²) in [5.41, 5.74) is 12.8. The number of nitrogens with two attached hydrogens (primary N) is 2. The lowest BCUT2D eigenvalue weighted by Gasteiger charge is -2.39. The summed E-state index contributed by atoms with van der Waals surface area (Å²) in [6.45, 7) is 2.66. The molecule has 0 radical (unpaired) electrons. The summed E-state index contributed by atoms with van der Waals surface area (Å²) >= 11 is 0. The molecule has 60 heavy (non-hydrogen) atoms. The number of ether oxygens (including phenoxy) is 2. The van der Waals surface area contributed by atoms with Gasteiger partial charge < -0.3 is 78.2 Å². The van der Waals surface area contributed by atoms with Gasteiger partial charge in [-0.2, -0.15) is 0 Å². The van der Waals surface area contributed by atoms with Crippen LogP contribution in [0, 0.1) is 5.92 Å². The van der Waals surface area contributed by atoms with Crippen molar-refractivity contribution >= 4 is 35.4 Å². The number of carbonyl (C=O) groups is 6. The highest BCUT2D eigenvalue weighted by atomic mass is 16.7. The van der Waals surface area contributed by atoms with Crippen LogP contribution in [0.2, 0.25) is 0 Å². The van der Waals surface area contributed by atoms with E-state index in [2.05, 4.69) is 26.6 Å².